The standard InChI is InChI=1S/C61H98O6/c1-4-7-10-13-16-19-22-25-28-30-32-33-36-39-42-45-48-51-54-60(63)66-57-58(56-65-59(62)53-50-47-44-41-38-35-27-24-21-18-15-12-9-6-3)67-61(64)55-52-49-46-43-40-37-34-31-29-26-23-20-17-14-11-8-5-2/h8,11,14,17,20,22-23,25-26,28-35,37-38,40,58H,4-7,9-10,12-13,15-16,18-19,21,24,27,36,39,41-57H2,1-3H3/b11-8-,17-14-,23-20-,25-22-,29-26-,30-28-,33-32-,34-31+,38-35-,40-37-. The lowest BCUT2D eigenvalue weighted by atomic mass is 10.1. The Morgan fingerprint density at radius 3 is 0.970 bits per heavy atom. The molecule has 0 fully saturated rings. The van der Waals surface area contributed by atoms with Crippen LogP contribution in [0, 0.1) is 0 Å². The molecule has 0 aliphatic carbocycles. The molecule has 6 heteroatoms. The SMILES string of the molecule is CC\C=C/C=C\C=C/C=C\C=C\C=C/CCCCCC(=O)OC(COC(=O)CCCCC/C=C\CCCCCCCCC)COC(=O)CCCCCCC\C=C/C=C\C=C/CCCCCCC. The molecular weight excluding hydrogens is 829 g/mol. The molecule has 0 spiro atoms. The van der Waals surface area contributed by atoms with Crippen molar-refractivity contribution in [3.63, 3.8) is 0 Å². The van der Waals surface area contributed by atoms with Crippen molar-refractivity contribution in [1.82, 2.24) is 0 Å². The second kappa shape index (κ2) is 54.4. The van der Waals surface area contributed by atoms with Gasteiger partial charge in [-0.05, 0) is 89.9 Å². The van der Waals surface area contributed by atoms with Gasteiger partial charge in [0.1, 0.15) is 13.2 Å². The van der Waals surface area contributed by atoms with Crippen LogP contribution in [0.3, 0.4) is 0 Å². The monoisotopic (exact) mass is 927 g/mol. The molecule has 1 unspecified atom stereocenters. The smallest absolute Gasteiger partial charge is 0.306 e. The van der Waals surface area contributed by atoms with E-state index in [-0.39, 0.29) is 37.5 Å². The normalized spacial score (nSPS) is 13.1. The van der Waals surface area contributed by atoms with Gasteiger partial charge in [0.15, 0.2) is 6.10 Å². The van der Waals surface area contributed by atoms with E-state index in [4.69, 9.17) is 14.2 Å². The van der Waals surface area contributed by atoms with Crippen LogP contribution < -0.4 is 0 Å². The molecule has 0 radical (unpaired) electrons. The largest absolute Gasteiger partial charge is 0.462 e. The molecule has 0 aromatic carbocycles. The third-order valence-corrected chi connectivity index (χ3v) is 11.1. The zero-order chi connectivity index (χ0) is 48.6. The zero-order valence-electron chi connectivity index (χ0n) is 43.1. The molecule has 0 aliphatic rings. The molecule has 378 valence electrons. The maximum Gasteiger partial charge on any atom is 0.306 e. The number of rotatable bonds is 47. The molecule has 0 N–H and O–H groups in total. The first-order valence-corrected chi connectivity index (χ1v) is 27.2. The summed E-state index contributed by atoms with van der Waals surface area (Å²) in [6, 6.07) is 0. The molecule has 0 aromatic rings. The minimum absolute atomic E-state index is 0.114. The van der Waals surface area contributed by atoms with Gasteiger partial charge in [0.2, 0.25) is 0 Å². The highest BCUT2D eigenvalue weighted by atomic mass is 16.6. The Kier molecular flexibility index (Phi) is 51.0. The number of ether oxygens (including phenoxy) is 3. The van der Waals surface area contributed by atoms with E-state index in [1.54, 1.807) is 0 Å². The predicted octanol–water partition coefficient (Wildman–Crippen LogP) is 18.1. The van der Waals surface area contributed by atoms with Crippen molar-refractivity contribution in [1.29, 1.82) is 0 Å². The minimum atomic E-state index is -0.820. The van der Waals surface area contributed by atoms with Gasteiger partial charge in [0.05, 0.1) is 0 Å². The minimum Gasteiger partial charge on any atom is -0.462 e. The highest BCUT2D eigenvalue weighted by molar-refractivity contribution is 5.71. The summed E-state index contributed by atoms with van der Waals surface area (Å²) in [7, 11) is 0. The summed E-state index contributed by atoms with van der Waals surface area (Å²) in [5, 5.41) is 0. The molecule has 0 saturated carbocycles. The summed E-state index contributed by atoms with van der Waals surface area (Å²) in [4.78, 5) is 38.1. The van der Waals surface area contributed by atoms with Crippen LogP contribution in [-0.2, 0) is 28.6 Å². The average Bonchev–Trinajstić information content (AvgIpc) is 3.33. The highest BCUT2D eigenvalue weighted by Gasteiger charge is 2.19. The Morgan fingerprint density at radius 2 is 0.597 bits per heavy atom. The highest BCUT2D eigenvalue weighted by Crippen LogP contribution is 2.13. The van der Waals surface area contributed by atoms with E-state index in [0.29, 0.717) is 19.3 Å². The summed E-state index contributed by atoms with van der Waals surface area (Å²) >= 11 is 0. The molecule has 6 nitrogen and oxygen atoms in total. The van der Waals surface area contributed by atoms with Crippen molar-refractivity contribution < 1.29 is 28.6 Å². The van der Waals surface area contributed by atoms with Crippen LogP contribution in [0.4, 0.5) is 0 Å². The van der Waals surface area contributed by atoms with Crippen molar-refractivity contribution in [2.24, 2.45) is 0 Å². The van der Waals surface area contributed by atoms with Gasteiger partial charge < -0.3 is 14.2 Å². The first-order chi connectivity index (χ1) is 33.0. The van der Waals surface area contributed by atoms with Gasteiger partial charge in [0.25, 0.3) is 0 Å². The Labute approximate surface area is 412 Å². The van der Waals surface area contributed by atoms with E-state index >= 15 is 0 Å². The van der Waals surface area contributed by atoms with E-state index in [0.717, 1.165) is 103 Å². The third kappa shape index (κ3) is 52.6. The van der Waals surface area contributed by atoms with Crippen LogP contribution in [-0.4, -0.2) is 37.2 Å². The topological polar surface area (TPSA) is 78.9 Å². The lowest BCUT2D eigenvalue weighted by Gasteiger charge is -2.18. The first kappa shape index (κ1) is 62.8. The average molecular weight is 927 g/mol. The van der Waals surface area contributed by atoms with E-state index in [1.807, 2.05) is 60.8 Å². The fraction of sp³-hybridized carbons (Fsp3) is 0.623. The zero-order valence-corrected chi connectivity index (χ0v) is 43.1. The number of hydrogen-bond donors (Lipinski definition) is 0. The molecule has 0 saturated heterocycles. The van der Waals surface area contributed by atoms with E-state index in [1.165, 1.54) is 77.0 Å². The predicted molar refractivity (Wildman–Crippen MR) is 288 cm³/mol. The Bertz CT molecular complexity index is 1440. The van der Waals surface area contributed by atoms with Gasteiger partial charge in [0, 0.05) is 19.3 Å². The Balaban J connectivity index is 4.56. The summed E-state index contributed by atoms with van der Waals surface area (Å²) < 4.78 is 16.8. The van der Waals surface area contributed by atoms with Gasteiger partial charge in [-0.15, -0.1) is 0 Å². The Morgan fingerprint density at radius 1 is 0.313 bits per heavy atom. The number of hydrogen-bond acceptors (Lipinski definition) is 6. The molecule has 0 rings (SSSR count). The maximum atomic E-state index is 12.8. The molecule has 67 heavy (non-hydrogen) atoms. The lowest BCUT2D eigenvalue weighted by molar-refractivity contribution is -0.167. The number of unbranched alkanes of at least 4 members (excludes halogenated alkanes) is 23. The molecule has 0 heterocycles. The van der Waals surface area contributed by atoms with Crippen molar-refractivity contribution in [2.45, 2.75) is 232 Å². The molecule has 0 aliphatic heterocycles. The fourth-order valence-corrected chi connectivity index (χ4v) is 7.06. The third-order valence-electron chi connectivity index (χ3n) is 11.1. The lowest BCUT2D eigenvalue weighted by Crippen LogP contribution is -2.30. The molecule has 1 atom stereocenters. The van der Waals surface area contributed by atoms with Crippen molar-refractivity contribution in [2.75, 3.05) is 13.2 Å². The first-order valence-electron chi connectivity index (χ1n) is 27.2. The molecular formula is C61H98O6. The number of esters is 3. The van der Waals surface area contributed by atoms with Crippen molar-refractivity contribution in [3.8, 4) is 0 Å². The van der Waals surface area contributed by atoms with Crippen LogP contribution >= 0.6 is 0 Å². The number of carbonyl (C=O) groups is 3. The maximum absolute atomic E-state index is 12.8. The van der Waals surface area contributed by atoms with Gasteiger partial charge in [-0.25, -0.2) is 0 Å². The van der Waals surface area contributed by atoms with Crippen LogP contribution in [0.25, 0.3) is 0 Å². The van der Waals surface area contributed by atoms with Crippen molar-refractivity contribution >= 4 is 17.9 Å². The Hall–Kier alpha value is -4.19. The summed E-state index contributed by atoms with van der Waals surface area (Å²) in [5.41, 5.74) is 0. The quantitative estimate of drug-likeness (QED) is 0.0199. The molecule has 0 amide bonds. The van der Waals surface area contributed by atoms with E-state index < -0.39 is 6.10 Å². The molecule has 0 aromatic heterocycles. The van der Waals surface area contributed by atoms with Crippen LogP contribution in [0.2, 0.25) is 0 Å². The van der Waals surface area contributed by atoms with Gasteiger partial charge in [-0.3, -0.25) is 14.4 Å². The van der Waals surface area contributed by atoms with E-state index in [2.05, 4.69) is 81.5 Å². The van der Waals surface area contributed by atoms with Crippen molar-refractivity contribution in [3.05, 3.63) is 122 Å². The summed E-state index contributed by atoms with van der Waals surface area (Å²) in [6.45, 7) is 6.39. The van der Waals surface area contributed by atoms with E-state index in [9.17, 15) is 14.4 Å². The fourth-order valence-electron chi connectivity index (χ4n) is 7.06. The summed E-state index contributed by atoms with van der Waals surface area (Å²) in [6.07, 6.45) is 74.6. The number of carbonyl (C=O) groups excluding carboxylic acids is 3. The van der Waals surface area contributed by atoms with Gasteiger partial charge in [-0.2, -0.15) is 0 Å². The van der Waals surface area contributed by atoms with Crippen LogP contribution in [0.1, 0.15) is 226 Å². The van der Waals surface area contributed by atoms with Gasteiger partial charge >= 0.3 is 17.9 Å². The van der Waals surface area contributed by atoms with Crippen LogP contribution in [0.5, 0.6) is 0 Å². The molecule has 0 bridgehead atoms. The summed E-state index contributed by atoms with van der Waals surface area (Å²) in [5.74, 6) is -0.997. The van der Waals surface area contributed by atoms with Crippen LogP contribution in [0.15, 0.2) is 122 Å². The second-order valence-electron chi connectivity index (χ2n) is 17.6. The van der Waals surface area contributed by atoms with Gasteiger partial charge in [-0.1, -0.05) is 239 Å². The number of allylic oxidation sites excluding steroid dienone is 20. The second-order valence-corrected chi connectivity index (χ2v) is 17.6.